The van der Waals surface area contributed by atoms with E-state index in [9.17, 15) is 4.79 Å². The molecule has 2 aromatic rings. The highest BCUT2D eigenvalue weighted by molar-refractivity contribution is 5.12. The topological polar surface area (TPSA) is 64.2 Å². The number of nitrogens with zero attached hydrogens (tertiary/aromatic N) is 4. The molecule has 0 bridgehead atoms. The van der Waals surface area contributed by atoms with Crippen molar-refractivity contribution >= 4 is 0 Å². The maximum absolute atomic E-state index is 12.2. The molecule has 0 unspecified atom stereocenters. The van der Waals surface area contributed by atoms with E-state index >= 15 is 0 Å². The van der Waals surface area contributed by atoms with E-state index in [2.05, 4.69) is 15.0 Å². The first-order valence-electron chi connectivity index (χ1n) is 8.88. The summed E-state index contributed by atoms with van der Waals surface area (Å²) in [5.74, 6) is 1.95. The van der Waals surface area contributed by atoms with Gasteiger partial charge in [0.2, 0.25) is 0 Å². The van der Waals surface area contributed by atoms with Crippen molar-refractivity contribution < 1.29 is 4.52 Å². The van der Waals surface area contributed by atoms with Gasteiger partial charge < -0.3 is 4.52 Å². The van der Waals surface area contributed by atoms with Crippen LogP contribution in [0.5, 0.6) is 0 Å². The van der Waals surface area contributed by atoms with Crippen molar-refractivity contribution in [3.05, 3.63) is 46.0 Å². The molecular formula is C18H24N4O2. The van der Waals surface area contributed by atoms with Gasteiger partial charge in [-0.25, -0.2) is 4.98 Å². The first-order chi connectivity index (χ1) is 11.7. The Hall–Kier alpha value is -1.95. The lowest BCUT2D eigenvalue weighted by Gasteiger charge is -2.31. The average molecular weight is 328 g/mol. The van der Waals surface area contributed by atoms with Crippen molar-refractivity contribution in [2.75, 3.05) is 13.1 Å². The Morgan fingerprint density at radius 3 is 2.62 bits per heavy atom. The van der Waals surface area contributed by atoms with Crippen LogP contribution in [0, 0.1) is 12.8 Å². The van der Waals surface area contributed by atoms with Crippen molar-refractivity contribution in [1.29, 1.82) is 0 Å². The molecule has 128 valence electrons. The van der Waals surface area contributed by atoms with Crippen molar-refractivity contribution in [2.45, 2.75) is 51.6 Å². The fraction of sp³-hybridized carbons (Fsp3) is 0.611. The molecule has 3 heterocycles. The lowest BCUT2D eigenvalue weighted by Crippen LogP contribution is -2.36. The summed E-state index contributed by atoms with van der Waals surface area (Å²) in [6.07, 6.45) is 6.32. The largest absolute Gasteiger partial charge is 0.361 e. The lowest BCUT2D eigenvalue weighted by molar-refractivity contribution is 0.163. The second kappa shape index (κ2) is 6.51. The molecule has 1 saturated heterocycles. The zero-order valence-corrected chi connectivity index (χ0v) is 14.1. The van der Waals surface area contributed by atoms with Crippen LogP contribution in [0.25, 0.3) is 0 Å². The Bertz CT molecular complexity index is 754. The summed E-state index contributed by atoms with van der Waals surface area (Å²) in [7, 11) is 0. The number of aromatic nitrogens is 3. The summed E-state index contributed by atoms with van der Waals surface area (Å²) < 4.78 is 6.91. The second-order valence-electron chi connectivity index (χ2n) is 7.23. The lowest BCUT2D eigenvalue weighted by atomic mass is 9.96. The molecule has 1 aliphatic heterocycles. The second-order valence-corrected chi connectivity index (χ2v) is 7.23. The first-order valence-corrected chi connectivity index (χ1v) is 8.88. The van der Waals surface area contributed by atoms with Gasteiger partial charge in [-0.3, -0.25) is 14.3 Å². The average Bonchev–Trinajstić information content (AvgIpc) is 3.34. The molecule has 0 amide bonds. The summed E-state index contributed by atoms with van der Waals surface area (Å²) in [6, 6.07) is 3.73. The number of hydrogen-bond acceptors (Lipinski definition) is 5. The smallest absolute Gasteiger partial charge is 0.253 e. The minimum Gasteiger partial charge on any atom is -0.361 e. The maximum atomic E-state index is 12.2. The number of rotatable bonds is 5. The van der Waals surface area contributed by atoms with Gasteiger partial charge in [0.25, 0.3) is 5.56 Å². The fourth-order valence-corrected chi connectivity index (χ4v) is 3.51. The van der Waals surface area contributed by atoms with E-state index in [0.717, 1.165) is 56.2 Å². The van der Waals surface area contributed by atoms with Crippen LogP contribution in [0.1, 0.15) is 48.7 Å². The zero-order chi connectivity index (χ0) is 16.5. The zero-order valence-electron chi connectivity index (χ0n) is 14.1. The van der Waals surface area contributed by atoms with Crippen LogP contribution >= 0.6 is 0 Å². The Labute approximate surface area is 141 Å². The highest BCUT2D eigenvalue weighted by Crippen LogP contribution is 2.38. The number of aryl methyl sites for hydroxylation is 1. The number of piperidine rings is 1. The molecule has 2 aromatic heterocycles. The van der Waals surface area contributed by atoms with E-state index in [1.165, 1.54) is 12.8 Å². The quantitative estimate of drug-likeness (QED) is 0.843. The summed E-state index contributed by atoms with van der Waals surface area (Å²) in [4.78, 5) is 19.1. The third-order valence-corrected chi connectivity index (χ3v) is 5.12. The molecule has 4 rings (SSSR count). The Morgan fingerprint density at radius 2 is 2.00 bits per heavy atom. The Balaban J connectivity index is 1.30. The van der Waals surface area contributed by atoms with E-state index in [1.807, 2.05) is 13.0 Å². The number of likely N-dealkylation sites (tertiary alicyclic amines) is 1. The van der Waals surface area contributed by atoms with Crippen molar-refractivity contribution in [1.82, 2.24) is 19.6 Å². The highest BCUT2D eigenvalue weighted by Gasteiger charge is 2.26. The van der Waals surface area contributed by atoms with Crippen LogP contribution < -0.4 is 5.56 Å². The maximum Gasteiger partial charge on any atom is 0.253 e. The molecule has 0 N–H and O–H groups in total. The summed E-state index contributed by atoms with van der Waals surface area (Å²) in [5.41, 5.74) is 2.09. The molecule has 2 aliphatic rings. The minimum atomic E-state index is 0.104. The standard InChI is InChI=1S/C18H24N4O2/c1-13-8-16(20-24-13)11-21-6-4-14(5-7-21)10-22-12-19-17(9-18(22)23)15-2-3-15/h8-9,12,14-15H,2-7,10-11H2,1H3. The molecule has 1 saturated carbocycles. The van der Waals surface area contributed by atoms with Crippen molar-refractivity contribution in [3.63, 3.8) is 0 Å². The molecule has 6 heteroatoms. The van der Waals surface area contributed by atoms with Crippen LogP contribution in [0.3, 0.4) is 0 Å². The van der Waals surface area contributed by atoms with Gasteiger partial charge >= 0.3 is 0 Å². The van der Waals surface area contributed by atoms with Gasteiger partial charge in [0.1, 0.15) is 5.76 Å². The van der Waals surface area contributed by atoms with Crippen molar-refractivity contribution in [3.8, 4) is 0 Å². The van der Waals surface area contributed by atoms with Gasteiger partial charge in [0.05, 0.1) is 17.7 Å². The molecule has 1 aliphatic carbocycles. The predicted molar refractivity (Wildman–Crippen MR) is 89.7 cm³/mol. The molecule has 0 spiro atoms. The Kier molecular flexibility index (Phi) is 4.22. The highest BCUT2D eigenvalue weighted by atomic mass is 16.5. The van der Waals surface area contributed by atoms with Crippen LogP contribution in [-0.2, 0) is 13.1 Å². The van der Waals surface area contributed by atoms with Crippen LogP contribution in [0.4, 0.5) is 0 Å². The van der Waals surface area contributed by atoms with E-state index in [-0.39, 0.29) is 5.56 Å². The monoisotopic (exact) mass is 328 g/mol. The van der Waals surface area contributed by atoms with E-state index < -0.39 is 0 Å². The van der Waals surface area contributed by atoms with Gasteiger partial charge in [0, 0.05) is 31.1 Å². The van der Waals surface area contributed by atoms with E-state index in [1.54, 1.807) is 17.0 Å². The first kappa shape index (κ1) is 15.6. The number of hydrogen-bond donors (Lipinski definition) is 0. The van der Waals surface area contributed by atoms with Crippen molar-refractivity contribution in [2.24, 2.45) is 5.92 Å². The van der Waals surface area contributed by atoms with Gasteiger partial charge in [-0.15, -0.1) is 0 Å². The fourth-order valence-electron chi connectivity index (χ4n) is 3.51. The summed E-state index contributed by atoms with van der Waals surface area (Å²) >= 11 is 0. The van der Waals surface area contributed by atoms with Crippen LogP contribution in [0.2, 0.25) is 0 Å². The molecule has 24 heavy (non-hydrogen) atoms. The molecule has 0 radical (unpaired) electrons. The van der Waals surface area contributed by atoms with Gasteiger partial charge in [-0.2, -0.15) is 0 Å². The van der Waals surface area contributed by atoms with Gasteiger partial charge in [-0.05, 0) is 51.6 Å². The van der Waals surface area contributed by atoms with Crippen LogP contribution in [0.15, 0.2) is 27.8 Å². The minimum absolute atomic E-state index is 0.104. The van der Waals surface area contributed by atoms with E-state index in [4.69, 9.17) is 4.52 Å². The summed E-state index contributed by atoms with van der Waals surface area (Å²) in [5, 5.41) is 4.07. The third-order valence-electron chi connectivity index (χ3n) is 5.12. The van der Waals surface area contributed by atoms with E-state index in [0.29, 0.717) is 11.8 Å². The molecule has 2 fully saturated rings. The molecule has 0 aromatic carbocycles. The predicted octanol–water partition coefficient (Wildman–Crippen LogP) is 2.33. The van der Waals surface area contributed by atoms with Gasteiger partial charge in [-0.1, -0.05) is 5.16 Å². The Morgan fingerprint density at radius 1 is 1.21 bits per heavy atom. The molecule has 6 nitrogen and oxygen atoms in total. The van der Waals surface area contributed by atoms with Gasteiger partial charge in [0.15, 0.2) is 0 Å². The SMILES string of the molecule is Cc1cc(CN2CCC(Cn3cnc(C4CC4)cc3=O)CC2)no1. The third kappa shape index (κ3) is 3.59. The molecular weight excluding hydrogens is 304 g/mol. The normalized spacial score (nSPS) is 19.7. The van der Waals surface area contributed by atoms with Crippen LogP contribution in [-0.4, -0.2) is 32.7 Å². The summed E-state index contributed by atoms with van der Waals surface area (Å²) in [6.45, 7) is 5.64. The molecule has 0 atom stereocenters.